The predicted octanol–water partition coefficient (Wildman–Crippen LogP) is 4.77. The molecule has 1 N–H and O–H groups in total. The topological polar surface area (TPSA) is 75.3 Å². The largest absolute Gasteiger partial charge is 0.573 e. The van der Waals surface area contributed by atoms with Crippen molar-refractivity contribution in [3.8, 4) is 17.0 Å². The van der Waals surface area contributed by atoms with E-state index in [4.69, 9.17) is 0 Å². The van der Waals surface area contributed by atoms with Crippen molar-refractivity contribution in [1.82, 2.24) is 10.2 Å². The van der Waals surface area contributed by atoms with Crippen molar-refractivity contribution in [2.75, 3.05) is 4.31 Å². The highest BCUT2D eigenvalue weighted by molar-refractivity contribution is 7.92. The van der Waals surface area contributed by atoms with Gasteiger partial charge in [0.2, 0.25) is 0 Å². The Hall–Kier alpha value is -3.08. The molecule has 0 bridgehead atoms. The van der Waals surface area contributed by atoms with E-state index in [-0.39, 0.29) is 16.5 Å². The lowest BCUT2D eigenvalue weighted by molar-refractivity contribution is -0.274. The Morgan fingerprint density at radius 3 is 2.45 bits per heavy atom. The number of aromatic amines is 1. The Labute approximate surface area is 174 Å². The van der Waals surface area contributed by atoms with E-state index in [2.05, 4.69) is 14.9 Å². The first kappa shape index (κ1) is 19.9. The third-order valence-corrected chi connectivity index (χ3v) is 7.20. The van der Waals surface area contributed by atoms with E-state index in [9.17, 15) is 26.0 Å². The highest BCUT2D eigenvalue weighted by Crippen LogP contribution is 2.54. The molecule has 1 saturated carbocycles. The molecule has 1 unspecified atom stereocenters. The molecule has 31 heavy (non-hydrogen) atoms. The van der Waals surface area contributed by atoms with E-state index in [1.807, 2.05) is 0 Å². The second-order valence-corrected chi connectivity index (χ2v) is 9.28. The van der Waals surface area contributed by atoms with Crippen molar-refractivity contribution in [3.05, 3.63) is 60.0 Å². The lowest BCUT2D eigenvalue weighted by Gasteiger charge is -2.37. The molecule has 11 heteroatoms. The van der Waals surface area contributed by atoms with Crippen molar-refractivity contribution in [1.29, 1.82) is 0 Å². The molecule has 2 heterocycles. The maximum atomic E-state index is 14.0. The molecule has 1 aromatic heterocycles. The molecule has 3 aromatic rings. The van der Waals surface area contributed by atoms with Gasteiger partial charge in [-0.1, -0.05) is 0 Å². The van der Waals surface area contributed by atoms with Crippen molar-refractivity contribution in [3.63, 3.8) is 0 Å². The van der Waals surface area contributed by atoms with Crippen LogP contribution in [0.2, 0.25) is 0 Å². The molecule has 5 rings (SSSR count). The van der Waals surface area contributed by atoms with Crippen LogP contribution in [0.15, 0.2) is 53.6 Å². The van der Waals surface area contributed by atoms with Gasteiger partial charge in [0.1, 0.15) is 11.6 Å². The van der Waals surface area contributed by atoms with Crippen LogP contribution in [0, 0.1) is 11.7 Å². The minimum absolute atomic E-state index is 0.0529. The molecule has 2 aliphatic rings. The lowest BCUT2D eigenvalue weighted by Crippen LogP contribution is -2.38. The Bertz CT molecular complexity index is 1250. The molecule has 1 aliphatic heterocycles. The summed E-state index contributed by atoms with van der Waals surface area (Å²) in [6.45, 7) is 0. The number of ether oxygens (including phenoxy) is 1. The molecular formula is C20H15F4N3O3S. The van der Waals surface area contributed by atoms with Crippen molar-refractivity contribution in [2.24, 2.45) is 5.92 Å². The first-order chi connectivity index (χ1) is 14.6. The zero-order chi connectivity index (χ0) is 22.0. The van der Waals surface area contributed by atoms with Crippen LogP contribution in [-0.4, -0.2) is 25.0 Å². The van der Waals surface area contributed by atoms with E-state index < -0.39 is 34.0 Å². The van der Waals surface area contributed by atoms with Gasteiger partial charge < -0.3 is 4.74 Å². The average molecular weight is 453 g/mol. The predicted molar refractivity (Wildman–Crippen MR) is 102 cm³/mol. The Balaban J connectivity index is 1.62. The summed E-state index contributed by atoms with van der Waals surface area (Å²) in [5.74, 6) is -1.00. The number of nitrogens with one attached hydrogen (secondary N) is 1. The second kappa shape index (κ2) is 6.71. The number of hydrogen-bond donors (Lipinski definition) is 1. The summed E-state index contributed by atoms with van der Waals surface area (Å²) in [7, 11) is -4.19. The Kier molecular flexibility index (Phi) is 4.30. The van der Waals surface area contributed by atoms with Gasteiger partial charge in [0.05, 0.1) is 28.5 Å². The van der Waals surface area contributed by atoms with E-state index >= 15 is 0 Å². The molecule has 1 aliphatic carbocycles. The number of fused-ring (bicyclic) bond motifs is 3. The van der Waals surface area contributed by atoms with Crippen LogP contribution in [0.3, 0.4) is 0 Å². The summed E-state index contributed by atoms with van der Waals surface area (Å²) >= 11 is 0. The van der Waals surface area contributed by atoms with Crippen LogP contribution < -0.4 is 9.04 Å². The summed E-state index contributed by atoms with van der Waals surface area (Å²) in [4.78, 5) is -0.199. The summed E-state index contributed by atoms with van der Waals surface area (Å²) in [5.41, 5.74) is 1.84. The van der Waals surface area contributed by atoms with E-state index in [0.29, 0.717) is 16.8 Å². The van der Waals surface area contributed by atoms with Gasteiger partial charge in [0, 0.05) is 11.1 Å². The number of nitrogens with zero attached hydrogens (tertiary/aromatic N) is 2. The highest BCUT2D eigenvalue weighted by Gasteiger charge is 2.47. The molecule has 1 fully saturated rings. The number of benzene rings is 2. The summed E-state index contributed by atoms with van der Waals surface area (Å²) < 4.78 is 83.6. The van der Waals surface area contributed by atoms with Crippen molar-refractivity contribution in [2.45, 2.75) is 30.1 Å². The fraction of sp³-hybridized carbons (Fsp3) is 0.250. The third kappa shape index (κ3) is 3.42. The van der Waals surface area contributed by atoms with Crippen LogP contribution in [0.1, 0.15) is 24.4 Å². The van der Waals surface area contributed by atoms with Gasteiger partial charge in [-0.2, -0.15) is 5.10 Å². The quantitative estimate of drug-likeness (QED) is 0.578. The third-order valence-electron chi connectivity index (χ3n) is 5.39. The minimum Gasteiger partial charge on any atom is -0.406 e. The lowest BCUT2D eigenvalue weighted by atomic mass is 9.93. The van der Waals surface area contributed by atoms with Crippen LogP contribution in [0.4, 0.5) is 23.2 Å². The molecule has 6 nitrogen and oxygen atoms in total. The van der Waals surface area contributed by atoms with Crippen LogP contribution in [0.25, 0.3) is 11.3 Å². The smallest absolute Gasteiger partial charge is 0.406 e. The fourth-order valence-electron chi connectivity index (χ4n) is 3.98. The zero-order valence-corrected chi connectivity index (χ0v) is 16.5. The number of sulfonamides is 1. The van der Waals surface area contributed by atoms with Gasteiger partial charge in [-0.15, -0.1) is 13.2 Å². The van der Waals surface area contributed by atoms with Crippen molar-refractivity contribution < 1.29 is 30.7 Å². The van der Waals surface area contributed by atoms with Gasteiger partial charge in [-0.25, -0.2) is 12.8 Å². The Morgan fingerprint density at radius 1 is 1.10 bits per heavy atom. The van der Waals surface area contributed by atoms with Gasteiger partial charge in [-0.05, 0) is 61.2 Å². The standard InChI is InChI=1S/C20H15F4N3O3S/c21-12-3-8-17-15(9-12)18-16(10-25-26-18)19(11-1-2-11)27(17)31(28,29)14-6-4-13(5-7-14)30-20(22,23)24/h3-11,19H,1-2H2,(H,25,26). The van der Waals surface area contributed by atoms with Crippen LogP contribution >= 0.6 is 0 Å². The molecule has 0 amide bonds. The van der Waals surface area contributed by atoms with Gasteiger partial charge >= 0.3 is 6.36 Å². The molecular weight excluding hydrogens is 438 g/mol. The molecule has 0 saturated heterocycles. The van der Waals surface area contributed by atoms with Crippen LogP contribution in [-0.2, 0) is 10.0 Å². The van der Waals surface area contributed by atoms with Gasteiger partial charge in [-0.3, -0.25) is 9.40 Å². The number of aromatic nitrogens is 2. The maximum absolute atomic E-state index is 14.0. The summed E-state index contributed by atoms with van der Waals surface area (Å²) in [6.07, 6.45) is -1.72. The SMILES string of the molecule is O=S(=O)(c1ccc(OC(F)(F)F)cc1)N1c2ccc(F)cc2-c2[nH]ncc2C1C1CC1. The molecule has 162 valence electrons. The van der Waals surface area contributed by atoms with Gasteiger partial charge in [0.15, 0.2) is 0 Å². The van der Waals surface area contributed by atoms with E-state index in [1.165, 1.54) is 28.7 Å². The number of H-pyrrole nitrogens is 1. The normalized spacial score (nSPS) is 18.5. The molecule has 0 spiro atoms. The monoisotopic (exact) mass is 453 g/mol. The molecule has 0 radical (unpaired) electrons. The highest BCUT2D eigenvalue weighted by atomic mass is 32.2. The van der Waals surface area contributed by atoms with Crippen molar-refractivity contribution >= 4 is 15.7 Å². The first-order valence-electron chi connectivity index (χ1n) is 9.38. The Morgan fingerprint density at radius 2 is 1.81 bits per heavy atom. The summed E-state index contributed by atoms with van der Waals surface area (Å²) in [5, 5.41) is 6.87. The van der Waals surface area contributed by atoms with E-state index in [0.717, 1.165) is 37.1 Å². The number of hydrogen-bond acceptors (Lipinski definition) is 4. The second-order valence-electron chi connectivity index (χ2n) is 7.46. The molecule has 2 aromatic carbocycles. The van der Waals surface area contributed by atoms with Gasteiger partial charge in [0.25, 0.3) is 10.0 Å². The van der Waals surface area contributed by atoms with Crippen LogP contribution in [0.5, 0.6) is 5.75 Å². The number of anilines is 1. The number of halogens is 4. The first-order valence-corrected chi connectivity index (χ1v) is 10.8. The number of rotatable bonds is 4. The minimum atomic E-state index is -4.88. The zero-order valence-electron chi connectivity index (χ0n) is 15.7. The van der Waals surface area contributed by atoms with E-state index in [1.54, 1.807) is 0 Å². The molecule has 1 atom stereocenters. The average Bonchev–Trinajstić information content (AvgIpc) is 3.41. The number of alkyl halides is 3. The maximum Gasteiger partial charge on any atom is 0.573 e. The summed E-state index contributed by atoms with van der Waals surface area (Å²) in [6, 6.07) is 7.27. The fourth-order valence-corrected chi connectivity index (χ4v) is 5.69.